The first kappa shape index (κ1) is 14.6. The molecule has 2 aromatic carbocycles. The highest BCUT2D eigenvalue weighted by Crippen LogP contribution is 2.45. The minimum Gasteiger partial charge on any atom is -0.506 e. The third kappa shape index (κ3) is 2.36. The number of nitrogens with two attached hydrogens (primary N) is 1. The first-order valence-electron chi connectivity index (χ1n) is 6.41. The van der Waals surface area contributed by atoms with E-state index < -0.39 is 17.9 Å². The second kappa shape index (κ2) is 5.47. The van der Waals surface area contributed by atoms with Crippen LogP contribution in [0.15, 0.2) is 30.3 Å². The van der Waals surface area contributed by atoms with Crippen LogP contribution in [0.4, 0.5) is 4.39 Å². The van der Waals surface area contributed by atoms with E-state index in [1.807, 2.05) is 0 Å². The zero-order chi connectivity index (χ0) is 15.9. The van der Waals surface area contributed by atoms with Gasteiger partial charge in [0.25, 0.3) is 0 Å². The molecule has 1 aliphatic rings. The summed E-state index contributed by atoms with van der Waals surface area (Å²) in [6.07, 6.45) is -0.979. The Hall–Kier alpha value is -2.31. The molecule has 1 atom stereocenters. The SMILES string of the molecule is NC[C@@H]1Oc2c(cc(F)cc2-c2cccc(O)c2Cl)OC1=O. The van der Waals surface area contributed by atoms with Crippen molar-refractivity contribution >= 4 is 17.6 Å². The molecule has 0 unspecified atom stereocenters. The molecule has 0 amide bonds. The zero-order valence-corrected chi connectivity index (χ0v) is 11.9. The molecular weight excluding hydrogens is 313 g/mol. The topological polar surface area (TPSA) is 81.8 Å². The van der Waals surface area contributed by atoms with Gasteiger partial charge < -0.3 is 20.3 Å². The summed E-state index contributed by atoms with van der Waals surface area (Å²) in [4.78, 5) is 11.7. The molecule has 1 heterocycles. The van der Waals surface area contributed by atoms with Gasteiger partial charge in [0.1, 0.15) is 11.6 Å². The summed E-state index contributed by atoms with van der Waals surface area (Å²) in [5.41, 5.74) is 6.08. The molecule has 0 spiro atoms. The quantitative estimate of drug-likeness (QED) is 0.655. The van der Waals surface area contributed by atoms with Crippen LogP contribution in [0.25, 0.3) is 11.1 Å². The van der Waals surface area contributed by atoms with E-state index >= 15 is 0 Å². The monoisotopic (exact) mass is 323 g/mol. The number of aromatic hydroxyl groups is 1. The molecule has 1 aliphatic heterocycles. The Kier molecular flexibility index (Phi) is 3.64. The molecule has 114 valence electrons. The van der Waals surface area contributed by atoms with Crippen molar-refractivity contribution in [3.8, 4) is 28.4 Å². The molecule has 0 radical (unpaired) electrons. The number of halogens is 2. The molecule has 5 nitrogen and oxygen atoms in total. The van der Waals surface area contributed by atoms with Gasteiger partial charge in [-0.15, -0.1) is 0 Å². The standard InChI is InChI=1S/C15H11ClFNO4/c16-13-8(2-1-3-10(13)19)9-4-7(17)5-11-14(9)21-12(6-18)15(20)22-11/h1-5,12,19H,6,18H2/t12-/m0/s1. The molecule has 0 aliphatic carbocycles. The zero-order valence-electron chi connectivity index (χ0n) is 11.2. The van der Waals surface area contributed by atoms with Crippen LogP contribution in [0.5, 0.6) is 17.2 Å². The van der Waals surface area contributed by atoms with E-state index in [1.165, 1.54) is 12.1 Å². The van der Waals surface area contributed by atoms with E-state index in [0.29, 0.717) is 5.56 Å². The predicted molar refractivity (Wildman–Crippen MR) is 77.6 cm³/mol. The number of esters is 1. The first-order valence-corrected chi connectivity index (χ1v) is 6.79. The number of benzene rings is 2. The Morgan fingerprint density at radius 3 is 2.82 bits per heavy atom. The third-order valence-electron chi connectivity index (χ3n) is 3.24. The number of phenols is 1. The number of ether oxygens (including phenoxy) is 2. The molecule has 7 heteroatoms. The summed E-state index contributed by atoms with van der Waals surface area (Å²) in [7, 11) is 0. The fourth-order valence-electron chi connectivity index (χ4n) is 2.20. The predicted octanol–water partition coefficient (Wildman–Crippen LogP) is 2.48. The van der Waals surface area contributed by atoms with Crippen molar-refractivity contribution in [3.05, 3.63) is 41.2 Å². The fourth-order valence-corrected chi connectivity index (χ4v) is 2.43. The minimum atomic E-state index is -0.979. The second-order valence-electron chi connectivity index (χ2n) is 4.68. The summed E-state index contributed by atoms with van der Waals surface area (Å²) in [5, 5.41) is 9.74. The molecule has 0 saturated carbocycles. The molecular formula is C15H11ClFNO4. The lowest BCUT2D eigenvalue weighted by atomic mass is 10.0. The van der Waals surface area contributed by atoms with Gasteiger partial charge in [-0.1, -0.05) is 23.7 Å². The van der Waals surface area contributed by atoms with Crippen LogP contribution in [0, 0.1) is 5.82 Å². The molecule has 0 saturated heterocycles. The number of carbonyl (C=O) groups is 1. The summed E-state index contributed by atoms with van der Waals surface area (Å²) in [6.45, 7) is -0.0805. The molecule has 2 aromatic rings. The molecule has 0 aromatic heterocycles. The minimum absolute atomic E-state index is 0.0418. The lowest BCUT2D eigenvalue weighted by Gasteiger charge is -2.26. The highest BCUT2D eigenvalue weighted by atomic mass is 35.5. The van der Waals surface area contributed by atoms with Gasteiger partial charge in [-0.25, -0.2) is 9.18 Å². The van der Waals surface area contributed by atoms with Crippen LogP contribution in [-0.4, -0.2) is 23.7 Å². The van der Waals surface area contributed by atoms with Gasteiger partial charge in [0.2, 0.25) is 6.10 Å². The van der Waals surface area contributed by atoms with Crippen LogP contribution in [0.3, 0.4) is 0 Å². The Morgan fingerprint density at radius 1 is 1.32 bits per heavy atom. The highest BCUT2D eigenvalue weighted by molar-refractivity contribution is 6.34. The fraction of sp³-hybridized carbons (Fsp3) is 0.133. The number of hydrogen-bond acceptors (Lipinski definition) is 5. The molecule has 3 rings (SSSR count). The number of fused-ring (bicyclic) bond motifs is 1. The van der Waals surface area contributed by atoms with E-state index in [1.54, 1.807) is 12.1 Å². The maximum atomic E-state index is 13.8. The van der Waals surface area contributed by atoms with Gasteiger partial charge in [-0.2, -0.15) is 0 Å². The van der Waals surface area contributed by atoms with Crippen LogP contribution in [0.1, 0.15) is 0 Å². The van der Waals surface area contributed by atoms with Crippen molar-refractivity contribution in [1.82, 2.24) is 0 Å². The lowest BCUT2D eigenvalue weighted by Crippen LogP contribution is -2.41. The molecule has 0 bridgehead atoms. The van der Waals surface area contributed by atoms with E-state index in [-0.39, 0.29) is 34.4 Å². The van der Waals surface area contributed by atoms with E-state index in [4.69, 9.17) is 26.8 Å². The van der Waals surface area contributed by atoms with E-state index in [2.05, 4.69) is 0 Å². The Balaban J connectivity index is 2.21. The number of rotatable bonds is 2. The van der Waals surface area contributed by atoms with Gasteiger partial charge in [0.15, 0.2) is 11.5 Å². The van der Waals surface area contributed by atoms with Gasteiger partial charge in [-0.05, 0) is 12.1 Å². The summed E-state index contributed by atoms with van der Waals surface area (Å²) >= 11 is 6.06. The third-order valence-corrected chi connectivity index (χ3v) is 3.63. The van der Waals surface area contributed by atoms with Crippen molar-refractivity contribution in [2.75, 3.05) is 6.54 Å². The van der Waals surface area contributed by atoms with Gasteiger partial charge >= 0.3 is 5.97 Å². The summed E-state index contributed by atoms with van der Waals surface area (Å²) in [5.74, 6) is -1.36. The van der Waals surface area contributed by atoms with E-state index in [9.17, 15) is 14.3 Å². The maximum absolute atomic E-state index is 13.8. The maximum Gasteiger partial charge on any atom is 0.354 e. The van der Waals surface area contributed by atoms with Crippen LogP contribution in [0.2, 0.25) is 5.02 Å². The Bertz CT molecular complexity index is 765. The van der Waals surface area contributed by atoms with Crippen molar-refractivity contribution < 1.29 is 23.8 Å². The summed E-state index contributed by atoms with van der Waals surface area (Å²) < 4.78 is 24.4. The average Bonchev–Trinajstić information content (AvgIpc) is 2.48. The molecule has 3 N–H and O–H groups in total. The van der Waals surface area contributed by atoms with Crippen LogP contribution in [-0.2, 0) is 4.79 Å². The first-order chi connectivity index (χ1) is 10.5. The molecule has 22 heavy (non-hydrogen) atoms. The average molecular weight is 324 g/mol. The number of phenolic OH excluding ortho intramolecular Hbond substituents is 1. The number of carbonyl (C=O) groups excluding carboxylic acids is 1. The highest BCUT2D eigenvalue weighted by Gasteiger charge is 2.32. The van der Waals surface area contributed by atoms with Gasteiger partial charge in [-0.3, -0.25) is 0 Å². The molecule has 0 fully saturated rings. The second-order valence-corrected chi connectivity index (χ2v) is 5.06. The van der Waals surface area contributed by atoms with Gasteiger partial charge in [0.05, 0.1) is 5.02 Å². The lowest BCUT2D eigenvalue weighted by molar-refractivity contribution is -0.144. The van der Waals surface area contributed by atoms with Crippen LogP contribution < -0.4 is 15.2 Å². The Labute approximate surface area is 130 Å². The largest absolute Gasteiger partial charge is 0.506 e. The van der Waals surface area contributed by atoms with Crippen molar-refractivity contribution in [2.45, 2.75) is 6.10 Å². The smallest absolute Gasteiger partial charge is 0.354 e. The van der Waals surface area contributed by atoms with E-state index in [0.717, 1.165) is 6.07 Å². The number of hydrogen-bond donors (Lipinski definition) is 2. The van der Waals surface area contributed by atoms with Crippen molar-refractivity contribution in [3.63, 3.8) is 0 Å². The Morgan fingerprint density at radius 2 is 2.09 bits per heavy atom. The van der Waals surface area contributed by atoms with Crippen molar-refractivity contribution in [2.24, 2.45) is 5.73 Å². The summed E-state index contributed by atoms with van der Waals surface area (Å²) in [6, 6.07) is 6.78. The normalized spacial score (nSPS) is 16.7. The van der Waals surface area contributed by atoms with Crippen LogP contribution >= 0.6 is 11.6 Å². The van der Waals surface area contributed by atoms with Crippen molar-refractivity contribution in [1.29, 1.82) is 0 Å². The van der Waals surface area contributed by atoms with Gasteiger partial charge in [0, 0.05) is 23.7 Å².